The zero-order valence-corrected chi connectivity index (χ0v) is 21.8. The lowest BCUT2D eigenvalue weighted by Gasteiger charge is -2.32. The Balaban J connectivity index is 1.35. The molecule has 6 rings (SSSR count). The van der Waals surface area contributed by atoms with E-state index in [1.807, 2.05) is 62.5 Å². The van der Waals surface area contributed by atoms with E-state index >= 15 is 0 Å². The lowest BCUT2D eigenvalue weighted by Crippen LogP contribution is -2.39. The quantitative estimate of drug-likeness (QED) is 0.327. The molecule has 5 heterocycles. The van der Waals surface area contributed by atoms with Crippen LogP contribution >= 0.6 is 0 Å². The number of amides is 1. The summed E-state index contributed by atoms with van der Waals surface area (Å²) < 4.78 is 1.76. The Labute approximate surface area is 225 Å². The zero-order chi connectivity index (χ0) is 26.9. The maximum absolute atomic E-state index is 13.1. The van der Waals surface area contributed by atoms with E-state index in [1.165, 1.54) is 6.33 Å². The summed E-state index contributed by atoms with van der Waals surface area (Å²) in [4.78, 5) is 41.4. The number of nitrogens with zero attached hydrogens (tertiary/aromatic N) is 7. The average Bonchev–Trinajstić information content (AvgIpc) is 3.68. The largest absolute Gasteiger partial charge is 0.336 e. The van der Waals surface area contributed by atoms with Crippen LogP contribution in [0.1, 0.15) is 64.5 Å². The Hall–Kier alpha value is -4.73. The van der Waals surface area contributed by atoms with E-state index in [0.29, 0.717) is 43.6 Å². The molecular formula is C29H28N8O2. The summed E-state index contributed by atoms with van der Waals surface area (Å²) in [5.41, 5.74) is 6.61. The van der Waals surface area contributed by atoms with E-state index in [1.54, 1.807) is 15.6 Å². The molecule has 1 aromatic carbocycles. The lowest BCUT2D eigenvalue weighted by molar-refractivity contribution is 0.0699. The van der Waals surface area contributed by atoms with Gasteiger partial charge in [-0.2, -0.15) is 10.2 Å². The number of hydrogen-bond donors (Lipinski definition) is 1. The monoisotopic (exact) mass is 520 g/mol. The second kappa shape index (κ2) is 10.2. The fraction of sp³-hybridized carbons (Fsp3) is 0.276. The molecule has 4 aromatic heterocycles. The van der Waals surface area contributed by atoms with Crippen LogP contribution < -0.4 is 0 Å². The van der Waals surface area contributed by atoms with E-state index in [9.17, 15) is 9.59 Å². The molecule has 1 amide bonds. The maximum atomic E-state index is 13.1. The molecule has 1 saturated heterocycles. The molecule has 0 bridgehead atoms. The molecule has 196 valence electrons. The summed E-state index contributed by atoms with van der Waals surface area (Å²) in [6.45, 7) is 4.89. The number of pyridine rings is 1. The van der Waals surface area contributed by atoms with Gasteiger partial charge in [-0.15, -0.1) is 0 Å². The predicted octanol–water partition coefficient (Wildman–Crippen LogP) is 4.50. The smallest absolute Gasteiger partial charge is 0.291 e. The van der Waals surface area contributed by atoms with Crippen molar-refractivity contribution in [1.29, 1.82) is 0 Å². The molecular weight excluding hydrogens is 492 g/mol. The summed E-state index contributed by atoms with van der Waals surface area (Å²) in [5, 5.41) is 11.0. The number of ketones is 1. The molecule has 0 spiro atoms. The molecule has 0 saturated carbocycles. The predicted molar refractivity (Wildman–Crippen MR) is 145 cm³/mol. The van der Waals surface area contributed by atoms with Gasteiger partial charge in [0.25, 0.3) is 5.91 Å². The highest BCUT2D eigenvalue weighted by molar-refractivity contribution is 5.98. The second-order valence-electron chi connectivity index (χ2n) is 9.73. The van der Waals surface area contributed by atoms with Crippen molar-refractivity contribution in [2.45, 2.75) is 39.0 Å². The normalized spacial score (nSPS) is 14.2. The van der Waals surface area contributed by atoms with Gasteiger partial charge in [0.15, 0.2) is 11.4 Å². The fourth-order valence-corrected chi connectivity index (χ4v) is 5.32. The standard InChI is InChI=1S/C29H28N8O2/c1-3-24(38)25-18(2)37-28(22(16-33-37)21-9-10-23(30-15-21)19-7-5-4-6-8-19)34-26(25)20-11-13-36(14-12-20)29(39)27-31-17-32-35-27/h4-10,15-17,20H,3,11-14H2,1-2H3,(H,31,32,35). The summed E-state index contributed by atoms with van der Waals surface area (Å²) in [6.07, 6.45) is 6.74. The fourth-order valence-electron chi connectivity index (χ4n) is 5.32. The van der Waals surface area contributed by atoms with Crippen LogP contribution in [0.15, 0.2) is 61.2 Å². The molecule has 10 heteroatoms. The van der Waals surface area contributed by atoms with Crippen LogP contribution in [0.2, 0.25) is 0 Å². The maximum Gasteiger partial charge on any atom is 0.291 e. The second-order valence-corrected chi connectivity index (χ2v) is 9.73. The number of nitrogens with one attached hydrogen (secondary N) is 1. The highest BCUT2D eigenvalue weighted by Gasteiger charge is 2.31. The van der Waals surface area contributed by atoms with Gasteiger partial charge in [0, 0.05) is 48.3 Å². The summed E-state index contributed by atoms with van der Waals surface area (Å²) in [5.74, 6) is 0.156. The average molecular weight is 521 g/mol. The zero-order valence-electron chi connectivity index (χ0n) is 21.8. The SMILES string of the molecule is CCC(=O)c1c(C2CCN(C(=O)c3ncn[nH]3)CC2)nc2c(-c3ccc(-c4ccccc4)nc3)cnn2c1C. The van der Waals surface area contributed by atoms with Crippen LogP contribution in [0.25, 0.3) is 28.0 Å². The first-order valence-corrected chi connectivity index (χ1v) is 13.1. The third kappa shape index (κ3) is 4.47. The molecule has 0 radical (unpaired) electrons. The van der Waals surface area contributed by atoms with Crippen molar-refractivity contribution in [2.24, 2.45) is 0 Å². The van der Waals surface area contributed by atoms with Crippen LogP contribution in [0.4, 0.5) is 0 Å². The highest BCUT2D eigenvalue weighted by Crippen LogP contribution is 2.34. The van der Waals surface area contributed by atoms with Crippen molar-refractivity contribution in [2.75, 3.05) is 13.1 Å². The van der Waals surface area contributed by atoms with Gasteiger partial charge in [-0.3, -0.25) is 19.7 Å². The Bertz CT molecular complexity index is 1630. The molecule has 39 heavy (non-hydrogen) atoms. The number of aromatic amines is 1. The third-order valence-electron chi connectivity index (χ3n) is 7.44. The number of aryl methyl sites for hydroxylation is 1. The molecule has 0 unspecified atom stereocenters. The van der Waals surface area contributed by atoms with Gasteiger partial charge in [-0.25, -0.2) is 14.5 Å². The minimum atomic E-state index is -0.167. The molecule has 5 aromatic rings. The van der Waals surface area contributed by atoms with Crippen molar-refractivity contribution in [1.82, 2.24) is 39.7 Å². The first-order valence-electron chi connectivity index (χ1n) is 13.1. The van der Waals surface area contributed by atoms with Gasteiger partial charge in [0.05, 0.1) is 28.8 Å². The summed E-state index contributed by atoms with van der Waals surface area (Å²) in [6, 6.07) is 14.1. The van der Waals surface area contributed by atoms with Crippen LogP contribution in [0.3, 0.4) is 0 Å². The van der Waals surface area contributed by atoms with Crippen molar-refractivity contribution in [3.05, 3.63) is 84.0 Å². The number of H-pyrrole nitrogens is 1. The number of benzene rings is 1. The Morgan fingerprint density at radius 1 is 1.00 bits per heavy atom. The molecule has 10 nitrogen and oxygen atoms in total. The van der Waals surface area contributed by atoms with E-state index in [2.05, 4.69) is 25.3 Å². The Morgan fingerprint density at radius 3 is 2.46 bits per heavy atom. The number of aromatic nitrogens is 7. The Morgan fingerprint density at radius 2 is 1.79 bits per heavy atom. The molecule has 0 aliphatic carbocycles. The van der Waals surface area contributed by atoms with Gasteiger partial charge >= 0.3 is 0 Å². The molecule has 1 N–H and O–H groups in total. The topological polar surface area (TPSA) is 122 Å². The summed E-state index contributed by atoms with van der Waals surface area (Å²) in [7, 11) is 0. The minimum absolute atomic E-state index is 0.0410. The van der Waals surface area contributed by atoms with Crippen molar-refractivity contribution >= 4 is 17.3 Å². The van der Waals surface area contributed by atoms with Gasteiger partial charge in [0.2, 0.25) is 5.82 Å². The van der Waals surface area contributed by atoms with E-state index < -0.39 is 0 Å². The number of hydrogen-bond acceptors (Lipinski definition) is 7. The van der Waals surface area contributed by atoms with Crippen LogP contribution in [-0.2, 0) is 0 Å². The van der Waals surface area contributed by atoms with Gasteiger partial charge < -0.3 is 4.90 Å². The number of fused-ring (bicyclic) bond motifs is 1. The number of rotatable bonds is 6. The Kier molecular flexibility index (Phi) is 6.44. The molecule has 1 aliphatic rings. The number of piperidine rings is 1. The molecule has 0 atom stereocenters. The van der Waals surface area contributed by atoms with E-state index in [0.717, 1.165) is 33.8 Å². The molecule has 1 fully saturated rings. The molecule has 1 aliphatic heterocycles. The number of likely N-dealkylation sites (tertiary alicyclic amines) is 1. The van der Waals surface area contributed by atoms with E-state index in [4.69, 9.17) is 4.98 Å². The van der Waals surface area contributed by atoms with Gasteiger partial charge in [0.1, 0.15) is 6.33 Å². The van der Waals surface area contributed by atoms with Gasteiger partial charge in [-0.1, -0.05) is 43.3 Å². The first kappa shape index (κ1) is 24.6. The number of carbonyl (C=O) groups excluding carboxylic acids is 2. The van der Waals surface area contributed by atoms with Crippen molar-refractivity contribution in [3.8, 4) is 22.4 Å². The van der Waals surface area contributed by atoms with Crippen LogP contribution in [0, 0.1) is 6.92 Å². The highest BCUT2D eigenvalue weighted by atomic mass is 16.2. The first-order chi connectivity index (χ1) is 19.0. The number of Topliss-reactive ketones (excluding diaryl/α,β-unsaturated/α-hetero) is 1. The van der Waals surface area contributed by atoms with E-state index in [-0.39, 0.29) is 23.4 Å². The van der Waals surface area contributed by atoms with Crippen LogP contribution in [-0.4, -0.2) is 64.4 Å². The lowest BCUT2D eigenvalue weighted by atomic mass is 9.88. The van der Waals surface area contributed by atoms with Crippen molar-refractivity contribution in [3.63, 3.8) is 0 Å². The third-order valence-corrected chi connectivity index (χ3v) is 7.44. The van der Waals surface area contributed by atoms with Crippen molar-refractivity contribution < 1.29 is 9.59 Å². The number of carbonyl (C=O) groups is 2. The van der Waals surface area contributed by atoms with Gasteiger partial charge in [-0.05, 0) is 25.8 Å². The summed E-state index contributed by atoms with van der Waals surface area (Å²) >= 11 is 0. The minimum Gasteiger partial charge on any atom is -0.336 e. The van der Waals surface area contributed by atoms with Crippen LogP contribution in [0.5, 0.6) is 0 Å².